The van der Waals surface area contributed by atoms with Gasteiger partial charge in [0, 0.05) is 23.7 Å². The van der Waals surface area contributed by atoms with E-state index >= 15 is 0 Å². The van der Waals surface area contributed by atoms with Crippen molar-refractivity contribution in [1.29, 1.82) is 0 Å². The van der Waals surface area contributed by atoms with Crippen LogP contribution in [-0.2, 0) is 16.8 Å². The van der Waals surface area contributed by atoms with E-state index < -0.39 is 12.1 Å². The van der Waals surface area contributed by atoms with Gasteiger partial charge >= 0.3 is 6.18 Å². The molecule has 1 aromatic carbocycles. The second-order valence-corrected chi connectivity index (χ2v) is 8.16. The van der Waals surface area contributed by atoms with Gasteiger partial charge in [-0.05, 0) is 31.1 Å². The molecule has 0 aliphatic carbocycles. The molecule has 0 radical (unpaired) electrons. The molecule has 28 heavy (non-hydrogen) atoms. The number of carbonyl (C=O) groups excluding carboxylic acids is 1. The summed E-state index contributed by atoms with van der Waals surface area (Å²) in [5.41, 5.74) is 6.48. The molecule has 3 aliphatic rings. The van der Waals surface area contributed by atoms with Gasteiger partial charge in [-0.15, -0.1) is 0 Å². The largest absolute Gasteiger partial charge is 0.542 e. The number of carboxylic acids is 1. The van der Waals surface area contributed by atoms with E-state index in [0.29, 0.717) is 0 Å². The Morgan fingerprint density at radius 1 is 1.32 bits per heavy atom. The van der Waals surface area contributed by atoms with Gasteiger partial charge in [-0.25, -0.2) is 0 Å². The normalized spacial score (nSPS) is 32.0. The number of aliphatic carboxylic acids is 1. The smallest absolute Gasteiger partial charge is 0.430 e. The Kier molecular flexibility index (Phi) is 4.16. The fourth-order valence-corrected chi connectivity index (χ4v) is 5.81. The average Bonchev–Trinajstić information content (AvgIpc) is 3.25. The highest BCUT2D eigenvalue weighted by Crippen LogP contribution is 2.60. The van der Waals surface area contributed by atoms with Gasteiger partial charge in [-0.2, -0.15) is 13.2 Å². The van der Waals surface area contributed by atoms with Gasteiger partial charge in [0.2, 0.25) is 0 Å². The third-order valence-electron chi connectivity index (χ3n) is 7.15. The third-order valence-corrected chi connectivity index (χ3v) is 7.15. The van der Waals surface area contributed by atoms with E-state index in [9.17, 15) is 13.2 Å². The maximum atomic E-state index is 10.5. The van der Waals surface area contributed by atoms with Crippen LogP contribution in [0, 0.1) is 5.92 Å². The average molecular weight is 392 g/mol. The van der Waals surface area contributed by atoms with Gasteiger partial charge in [-0.3, -0.25) is 0 Å². The van der Waals surface area contributed by atoms with Gasteiger partial charge in [0.05, 0.1) is 24.7 Å². The van der Waals surface area contributed by atoms with Gasteiger partial charge in [0.1, 0.15) is 18.1 Å². The molecule has 2 bridgehead atoms. The predicted octanol–water partition coefficient (Wildman–Crippen LogP) is 3.03. The number of halogens is 3. The van der Waals surface area contributed by atoms with E-state index in [1.165, 1.54) is 47.9 Å². The number of alkyl halides is 3. The predicted molar refractivity (Wildman–Crippen MR) is 97.1 cm³/mol. The molecule has 1 unspecified atom stereocenters. The van der Waals surface area contributed by atoms with Crippen molar-refractivity contribution >= 4 is 16.9 Å². The molecule has 1 aromatic heterocycles. The van der Waals surface area contributed by atoms with Crippen LogP contribution in [-0.4, -0.2) is 41.2 Å². The lowest BCUT2D eigenvalue weighted by atomic mass is 9.78. The number of hydrogen-bond acceptors (Lipinski definition) is 2. The van der Waals surface area contributed by atoms with Crippen molar-refractivity contribution in [3.8, 4) is 0 Å². The van der Waals surface area contributed by atoms with Crippen molar-refractivity contribution in [2.75, 3.05) is 19.6 Å². The topological polar surface area (TPSA) is 55.9 Å². The van der Waals surface area contributed by atoms with Crippen LogP contribution in [0.3, 0.4) is 0 Å². The zero-order valence-corrected chi connectivity index (χ0v) is 15.9. The first-order valence-corrected chi connectivity index (χ1v) is 9.53. The Morgan fingerprint density at radius 2 is 2.00 bits per heavy atom. The molecular weight excluding hydrogens is 369 g/mol. The number of carboxylic acid groups (broad SMARTS) is 1. The summed E-state index contributed by atoms with van der Waals surface area (Å²) in [6.07, 6.45) is -0.195. The maximum absolute atomic E-state index is 10.5. The molecule has 4 heterocycles. The van der Waals surface area contributed by atoms with E-state index in [0.717, 1.165) is 5.92 Å². The van der Waals surface area contributed by atoms with Gasteiger partial charge in [0.25, 0.3) is 0 Å². The number of carbonyl (C=O) groups is 1. The Hall–Kier alpha value is -2.28. The summed E-state index contributed by atoms with van der Waals surface area (Å²) >= 11 is 0. The SMILES string of the molecule is C/C=C1/C[N+]23CCc4c([nH]c5ccccc45)[C@@]2(C)[C@@H]1CC3.O=C([O-])C(F)(F)F. The summed E-state index contributed by atoms with van der Waals surface area (Å²) in [6.45, 7) is 8.74. The van der Waals surface area contributed by atoms with Gasteiger partial charge in [0.15, 0.2) is 0 Å². The van der Waals surface area contributed by atoms with E-state index in [1.54, 1.807) is 16.8 Å². The van der Waals surface area contributed by atoms with Crippen molar-refractivity contribution in [2.45, 2.75) is 38.4 Å². The molecule has 4 nitrogen and oxygen atoms in total. The lowest BCUT2D eigenvalue weighted by Gasteiger charge is -2.46. The summed E-state index contributed by atoms with van der Waals surface area (Å²) < 4.78 is 32.9. The number of fused-ring (bicyclic) bond motifs is 3. The lowest BCUT2D eigenvalue weighted by Crippen LogP contribution is -2.58. The maximum Gasteiger partial charge on any atom is 0.430 e. The first kappa shape index (κ1) is 19.1. The van der Waals surface area contributed by atoms with Gasteiger partial charge < -0.3 is 19.4 Å². The number of aromatic nitrogens is 1. The van der Waals surface area contributed by atoms with E-state index in [4.69, 9.17) is 9.90 Å². The summed E-state index contributed by atoms with van der Waals surface area (Å²) in [6, 6.07) is 8.87. The van der Waals surface area contributed by atoms with Crippen LogP contribution >= 0.6 is 0 Å². The van der Waals surface area contributed by atoms with Crippen LogP contribution in [0.25, 0.3) is 10.9 Å². The molecule has 3 atom stereocenters. The van der Waals surface area contributed by atoms with Crippen LogP contribution < -0.4 is 5.11 Å². The minimum atomic E-state index is -5.19. The van der Waals surface area contributed by atoms with E-state index in [1.807, 2.05) is 0 Å². The lowest BCUT2D eigenvalue weighted by molar-refractivity contribution is -0.961. The molecule has 5 rings (SSSR count). The minimum Gasteiger partial charge on any atom is -0.542 e. The van der Waals surface area contributed by atoms with Crippen molar-refractivity contribution in [3.05, 3.63) is 47.2 Å². The Morgan fingerprint density at radius 3 is 2.64 bits per heavy atom. The molecule has 7 heteroatoms. The van der Waals surface area contributed by atoms with Crippen LogP contribution in [0.5, 0.6) is 0 Å². The number of aromatic amines is 1. The molecule has 3 aliphatic heterocycles. The third kappa shape index (κ3) is 2.45. The molecule has 2 fully saturated rings. The zero-order valence-electron chi connectivity index (χ0n) is 15.9. The van der Waals surface area contributed by atoms with Crippen molar-refractivity contribution in [1.82, 2.24) is 4.98 Å². The number of hydrogen-bond donors (Lipinski definition) is 1. The highest BCUT2D eigenvalue weighted by atomic mass is 19.4. The molecule has 0 saturated carbocycles. The van der Waals surface area contributed by atoms with E-state index in [-0.39, 0.29) is 5.54 Å². The summed E-state index contributed by atoms with van der Waals surface area (Å²) in [5, 5.41) is 10.2. The van der Waals surface area contributed by atoms with E-state index in [2.05, 4.69) is 49.2 Å². The number of nitrogens with zero attached hydrogens (tertiary/aromatic N) is 1. The highest BCUT2D eigenvalue weighted by Gasteiger charge is 2.67. The number of H-pyrrole nitrogens is 1. The standard InChI is InChI=1S/C19H23N2.C2HF3O2/c1-3-13-12-21-10-8-15-14-6-4-5-7-17(14)20-18(15)19(21,2)16(13)9-11-21;3-2(4,5)1(6)7/h3-7,16,20H,8-12H2,1-2H3;(H,6,7)/q+1;/p-1/b13-3-;/t16-,19-,21?;/m1./s1. The fourth-order valence-electron chi connectivity index (χ4n) is 5.81. The van der Waals surface area contributed by atoms with Gasteiger partial charge in [-0.1, -0.05) is 24.3 Å². The van der Waals surface area contributed by atoms with Crippen molar-refractivity contribution in [2.24, 2.45) is 5.92 Å². The fraction of sp³-hybridized carbons (Fsp3) is 0.476. The molecule has 0 amide bonds. The van der Waals surface area contributed by atoms with Crippen molar-refractivity contribution in [3.63, 3.8) is 0 Å². The van der Waals surface area contributed by atoms with Crippen LogP contribution in [0.4, 0.5) is 13.2 Å². The molecule has 150 valence electrons. The van der Waals surface area contributed by atoms with Crippen LogP contribution in [0.2, 0.25) is 0 Å². The second-order valence-electron chi connectivity index (χ2n) is 8.16. The number of piperidine rings is 1. The first-order chi connectivity index (χ1) is 13.1. The Labute approximate surface area is 161 Å². The number of para-hydroxylation sites is 1. The minimum absolute atomic E-state index is 0.286. The monoisotopic (exact) mass is 392 g/mol. The number of allylic oxidation sites excluding steroid dienone is 1. The summed E-state index contributed by atoms with van der Waals surface area (Å²) in [4.78, 5) is 12.6. The number of rotatable bonds is 0. The summed E-state index contributed by atoms with van der Waals surface area (Å²) in [5.74, 6) is -2.26. The summed E-state index contributed by atoms with van der Waals surface area (Å²) in [7, 11) is 0. The Balaban J connectivity index is 0.000000239. The first-order valence-electron chi connectivity index (χ1n) is 9.53. The quantitative estimate of drug-likeness (QED) is 0.554. The van der Waals surface area contributed by atoms with Crippen LogP contribution in [0.1, 0.15) is 31.5 Å². The Bertz CT molecular complexity index is 978. The zero-order chi connectivity index (χ0) is 20.3. The molecule has 2 aromatic rings. The molecule has 0 spiro atoms. The number of nitrogens with one attached hydrogen (secondary N) is 1. The molecule has 2 saturated heterocycles. The molecule has 1 N–H and O–H groups in total. The number of quaternary nitrogens is 1. The highest BCUT2D eigenvalue weighted by molar-refractivity contribution is 5.85. The van der Waals surface area contributed by atoms with Crippen molar-refractivity contribution < 1.29 is 27.6 Å². The second kappa shape index (κ2) is 6.11. The number of benzene rings is 1. The van der Waals surface area contributed by atoms with Crippen LogP contribution in [0.15, 0.2) is 35.9 Å². The molecular formula is C21H23F3N2O2.